The monoisotopic (exact) mass is 267 g/mol. The van der Waals surface area contributed by atoms with Crippen LogP contribution in [0.4, 0.5) is 0 Å². The van der Waals surface area contributed by atoms with Gasteiger partial charge in [0.25, 0.3) is 0 Å². The summed E-state index contributed by atoms with van der Waals surface area (Å²) in [7, 11) is -3.24. The Morgan fingerprint density at radius 2 is 1.89 bits per heavy atom. The lowest BCUT2D eigenvalue weighted by molar-refractivity contribution is 0.540. The van der Waals surface area contributed by atoms with Crippen LogP contribution in [0.1, 0.15) is 38.2 Å². The molecule has 3 nitrogen and oxygen atoms in total. The Bertz CT molecular complexity index is 493. The van der Waals surface area contributed by atoms with Crippen LogP contribution in [-0.2, 0) is 10.0 Å². The molecule has 18 heavy (non-hydrogen) atoms. The lowest BCUT2D eigenvalue weighted by Crippen LogP contribution is -2.14. The molecule has 0 aliphatic carbocycles. The Hall–Kier alpha value is -0.870. The van der Waals surface area contributed by atoms with Crippen LogP contribution in [0.5, 0.6) is 0 Å². The molecule has 2 rings (SSSR count). The maximum atomic E-state index is 12.3. The van der Waals surface area contributed by atoms with Crippen LogP contribution >= 0.6 is 0 Å². The first-order chi connectivity index (χ1) is 8.55. The van der Waals surface area contributed by atoms with Crippen molar-refractivity contribution in [1.29, 1.82) is 0 Å². The summed E-state index contributed by atoms with van der Waals surface area (Å²) in [6, 6.07) is 7.34. The van der Waals surface area contributed by atoms with Crippen molar-refractivity contribution in [2.75, 3.05) is 6.54 Å². The Labute approximate surface area is 110 Å². The van der Waals surface area contributed by atoms with Gasteiger partial charge in [0.1, 0.15) is 0 Å². The van der Waals surface area contributed by atoms with Crippen LogP contribution in [0, 0.1) is 6.92 Å². The van der Waals surface area contributed by atoms with Gasteiger partial charge in [-0.2, -0.15) is 4.31 Å². The van der Waals surface area contributed by atoms with Crippen molar-refractivity contribution < 1.29 is 8.42 Å². The van der Waals surface area contributed by atoms with Gasteiger partial charge >= 0.3 is 0 Å². The van der Waals surface area contributed by atoms with E-state index >= 15 is 0 Å². The maximum Gasteiger partial charge on any atom is 0.243 e. The van der Waals surface area contributed by atoms with Crippen LogP contribution in [0.3, 0.4) is 0 Å². The van der Waals surface area contributed by atoms with Crippen molar-refractivity contribution in [1.82, 2.24) is 4.31 Å². The van der Waals surface area contributed by atoms with Crippen LogP contribution in [0.15, 0.2) is 29.2 Å². The normalized spacial score (nSPS) is 23.0. The molecule has 0 saturated carbocycles. The molecule has 1 aliphatic rings. The molecule has 1 aromatic carbocycles. The Morgan fingerprint density at radius 3 is 2.50 bits per heavy atom. The lowest BCUT2D eigenvalue weighted by Gasteiger charge is -2.06. The van der Waals surface area contributed by atoms with Gasteiger partial charge in [-0.3, -0.25) is 0 Å². The SMILES string of the molecule is CCCCC[C@H]1CN1S(=O)(=O)c1ccc(C)cc1. The van der Waals surface area contributed by atoms with Crippen molar-refractivity contribution in [3.05, 3.63) is 29.8 Å². The molecule has 4 heteroatoms. The van der Waals surface area contributed by atoms with Gasteiger partial charge in [0.2, 0.25) is 10.0 Å². The Kier molecular flexibility index (Phi) is 4.07. The van der Waals surface area contributed by atoms with Crippen molar-refractivity contribution >= 4 is 10.0 Å². The molecule has 0 spiro atoms. The fourth-order valence-electron chi connectivity index (χ4n) is 2.17. The zero-order valence-electron chi connectivity index (χ0n) is 11.1. The predicted octanol–water partition coefficient (Wildman–Crippen LogP) is 2.95. The standard InChI is InChI=1S/C14H21NO2S/c1-3-4-5-6-13-11-15(13)18(16,17)14-9-7-12(2)8-10-14/h7-10,13H,3-6,11H2,1-2H3/t13-,15?/m0/s1. The summed E-state index contributed by atoms with van der Waals surface area (Å²) in [5.41, 5.74) is 1.08. The van der Waals surface area contributed by atoms with Crippen molar-refractivity contribution in [3.8, 4) is 0 Å². The van der Waals surface area contributed by atoms with Crippen LogP contribution < -0.4 is 0 Å². The van der Waals surface area contributed by atoms with Crippen LogP contribution in [0.25, 0.3) is 0 Å². The summed E-state index contributed by atoms with van der Waals surface area (Å²) in [6.45, 7) is 4.81. The molecule has 0 N–H and O–H groups in total. The molecule has 1 fully saturated rings. The average Bonchev–Trinajstić information content (AvgIpc) is 3.10. The smallest absolute Gasteiger partial charge is 0.207 e. The van der Waals surface area contributed by atoms with Crippen molar-refractivity contribution in [3.63, 3.8) is 0 Å². The van der Waals surface area contributed by atoms with E-state index in [0.717, 1.165) is 18.4 Å². The predicted molar refractivity (Wildman–Crippen MR) is 73.0 cm³/mol. The number of hydrogen-bond donors (Lipinski definition) is 0. The minimum atomic E-state index is -3.24. The number of benzene rings is 1. The van der Waals surface area contributed by atoms with E-state index in [1.54, 1.807) is 16.4 Å². The summed E-state index contributed by atoms with van der Waals surface area (Å²) < 4.78 is 26.2. The molecule has 1 saturated heterocycles. The summed E-state index contributed by atoms with van der Waals surface area (Å²) in [4.78, 5) is 0.422. The van der Waals surface area contributed by atoms with Gasteiger partial charge < -0.3 is 0 Å². The van der Waals surface area contributed by atoms with Gasteiger partial charge in [-0.15, -0.1) is 0 Å². The van der Waals surface area contributed by atoms with Gasteiger partial charge in [-0.25, -0.2) is 8.42 Å². The quantitative estimate of drug-likeness (QED) is 0.587. The Balaban J connectivity index is 1.99. The van der Waals surface area contributed by atoms with Gasteiger partial charge in [-0.1, -0.05) is 43.9 Å². The second-order valence-electron chi connectivity index (χ2n) is 5.04. The number of rotatable bonds is 6. The van der Waals surface area contributed by atoms with Gasteiger partial charge in [0.15, 0.2) is 0 Å². The third-order valence-electron chi connectivity index (χ3n) is 3.43. The third kappa shape index (κ3) is 2.93. The zero-order valence-corrected chi connectivity index (χ0v) is 11.9. The molecule has 1 heterocycles. The zero-order chi connectivity index (χ0) is 13.2. The molecule has 0 amide bonds. The molecule has 0 bridgehead atoms. The van der Waals surface area contributed by atoms with E-state index in [4.69, 9.17) is 0 Å². The first-order valence-corrected chi connectivity index (χ1v) is 8.08. The number of aryl methyl sites for hydroxylation is 1. The fourth-order valence-corrected chi connectivity index (χ4v) is 3.78. The van der Waals surface area contributed by atoms with E-state index in [1.165, 1.54) is 12.8 Å². The minimum absolute atomic E-state index is 0.239. The second-order valence-corrected chi connectivity index (χ2v) is 6.93. The molecule has 100 valence electrons. The second kappa shape index (κ2) is 5.41. The minimum Gasteiger partial charge on any atom is -0.207 e. The average molecular weight is 267 g/mol. The van der Waals surface area contributed by atoms with E-state index in [0.29, 0.717) is 11.4 Å². The number of sulfonamides is 1. The molecular formula is C14H21NO2S. The van der Waals surface area contributed by atoms with E-state index in [2.05, 4.69) is 6.92 Å². The molecule has 2 atom stereocenters. The summed E-state index contributed by atoms with van der Waals surface area (Å²) in [5, 5.41) is 0. The Morgan fingerprint density at radius 1 is 1.22 bits per heavy atom. The largest absolute Gasteiger partial charge is 0.243 e. The molecule has 0 aromatic heterocycles. The highest BCUT2D eigenvalue weighted by molar-refractivity contribution is 7.89. The highest BCUT2D eigenvalue weighted by Crippen LogP contribution is 2.31. The first kappa shape index (κ1) is 13.6. The molecular weight excluding hydrogens is 246 g/mol. The molecule has 1 aliphatic heterocycles. The third-order valence-corrected chi connectivity index (χ3v) is 5.37. The fraction of sp³-hybridized carbons (Fsp3) is 0.571. The van der Waals surface area contributed by atoms with Crippen molar-refractivity contribution in [2.45, 2.75) is 50.5 Å². The summed E-state index contributed by atoms with van der Waals surface area (Å²) in [6.07, 6.45) is 4.49. The summed E-state index contributed by atoms with van der Waals surface area (Å²) >= 11 is 0. The van der Waals surface area contributed by atoms with E-state index in [-0.39, 0.29) is 6.04 Å². The van der Waals surface area contributed by atoms with Crippen LogP contribution in [-0.4, -0.2) is 25.3 Å². The highest BCUT2D eigenvalue weighted by Gasteiger charge is 2.43. The van der Waals surface area contributed by atoms with E-state index in [9.17, 15) is 8.42 Å². The molecule has 1 unspecified atom stereocenters. The number of nitrogens with zero attached hydrogens (tertiary/aromatic N) is 1. The lowest BCUT2D eigenvalue weighted by atomic mass is 10.2. The molecule has 1 aromatic rings. The maximum absolute atomic E-state index is 12.3. The van der Waals surface area contributed by atoms with Crippen molar-refractivity contribution in [2.24, 2.45) is 0 Å². The topological polar surface area (TPSA) is 37.1 Å². The molecule has 0 radical (unpaired) electrons. The van der Waals surface area contributed by atoms with Gasteiger partial charge in [-0.05, 0) is 25.5 Å². The highest BCUT2D eigenvalue weighted by atomic mass is 32.2. The van der Waals surface area contributed by atoms with Crippen LogP contribution in [0.2, 0.25) is 0 Å². The van der Waals surface area contributed by atoms with Gasteiger partial charge in [0.05, 0.1) is 4.90 Å². The first-order valence-electron chi connectivity index (χ1n) is 6.64. The summed E-state index contributed by atoms with van der Waals surface area (Å²) in [5.74, 6) is 0. The van der Waals surface area contributed by atoms with E-state index in [1.807, 2.05) is 19.1 Å². The van der Waals surface area contributed by atoms with E-state index < -0.39 is 10.0 Å². The number of unbranched alkanes of at least 4 members (excludes halogenated alkanes) is 2. The number of hydrogen-bond acceptors (Lipinski definition) is 2. The van der Waals surface area contributed by atoms with Gasteiger partial charge in [0, 0.05) is 12.6 Å².